The molecule has 1 atom stereocenters. The van der Waals surface area contributed by atoms with Gasteiger partial charge in [0.2, 0.25) is 5.91 Å². The lowest BCUT2D eigenvalue weighted by Crippen LogP contribution is -2.50. The van der Waals surface area contributed by atoms with Crippen LogP contribution < -0.4 is 4.90 Å². The number of likely N-dealkylation sites (tertiary alicyclic amines) is 1. The zero-order valence-electron chi connectivity index (χ0n) is 18.3. The number of halogens is 2. The number of piperidine rings is 2. The van der Waals surface area contributed by atoms with Gasteiger partial charge in [0.25, 0.3) is 5.92 Å². The minimum Gasteiger partial charge on any atom is -0.365 e. The van der Waals surface area contributed by atoms with Crippen LogP contribution in [-0.2, 0) is 4.79 Å². The van der Waals surface area contributed by atoms with Gasteiger partial charge in [-0.15, -0.1) is 0 Å². The molecule has 2 aliphatic rings. The van der Waals surface area contributed by atoms with Gasteiger partial charge in [0.15, 0.2) is 0 Å². The molecular weight excluding hydrogens is 370 g/mol. The normalized spacial score (nSPS) is 23.1. The second kappa shape index (κ2) is 9.01. The highest BCUT2D eigenvalue weighted by Gasteiger charge is 2.46. The Balaban J connectivity index is 1.56. The van der Waals surface area contributed by atoms with Crippen LogP contribution in [0.15, 0.2) is 24.3 Å². The molecule has 0 N–H and O–H groups in total. The molecule has 2 heterocycles. The zero-order valence-corrected chi connectivity index (χ0v) is 18.3. The van der Waals surface area contributed by atoms with Crippen molar-refractivity contribution in [1.29, 1.82) is 0 Å². The van der Waals surface area contributed by atoms with Gasteiger partial charge in [-0.05, 0) is 54.7 Å². The van der Waals surface area contributed by atoms with Gasteiger partial charge in [-0.1, -0.05) is 39.8 Å². The Labute approximate surface area is 174 Å². The van der Waals surface area contributed by atoms with E-state index in [4.69, 9.17) is 0 Å². The average molecular weight is 407 g/mol. The Morgan fingerprint density at radius 3 is 2.17 bits per heavy atom. The molecule has 0 spiro atoms. The Morgan fingerprint density at radius 2 is 1.66 bits per heavy atom. The summed E-state index contributed by atoms with van der Waals surface area (Å²) >= 11 is 0. The summed E-state index contributed by atoms with van der Waals surface area (Å²) in [5.41, 5.74) is 2.05. The molecule has 3 nitrogen and oxygen atoms in total. The van der Waals surface area contributed by atoms with Crippen molar-refractivity contribution in [2.75, 3.05) is 31.1 Å². The summed E-state index contributed by atoms with van der Waals surface area (Å²) in [4.78, 5) is 16.2. The SMILES string of the molecule is CC(C)c1ccc(N2CCC(CC(=O)N3CCC(C(C)C)CC3)C(F)(F)C2)cc1. The number of nitrogens with zero attached hydrogens (tertiary/aromatic N) is 2. The van der Waals surface area contributed by atoms with Gasteiger partial charge >= 0.3 is 0 Å². The minimum absolute atomic E-state index is 0.0283. The fourth-order valence-electron chi connectivity index (χ4n) is 4.68. The highest BCUT2D eigenvalue weighted by molar-refractivity contribution is 5.76. The van der Waals surface area contributed by atoms with Gasteiger partial charge < -0.3 is 9.80 Å². The average Bonchev–Trinajstić information content (AvgIpc) is 2.69. The predicted molar refractivity (Wildman–Crippen MR) is 115 cm³/mol. The summed E-state index contributed by atoms with van der Waals surface area (Å²) in [5.74, 6) is -2.11. The Bertz CT molecular complexity index is 679. The quantitative estimate of drug-likeness (QED) is 0.639. The van der Waals surface area contributed by atoms with E-state index in [0.29, 0.717) is 43.8 Å². The molecular formula is C24H36F2N2O. The van der Waals surface area contributed by atoms with Crippen molar-refractivity contribution in [3.05, 3.63) is 29.8 Å². The van der Waals surface area contributed by atoms with Gasteiger partial charge in [0.05, 0.1) is 6.54 Å². The van der Waals surface area contributed by atoms with Crippen LogP contribution in [-0.4, -0.2) is 42.9 Å². The van der Waals surface area contributed by atoms with Gasteiger partial charge in [0.1, 0.15) is 0 Å². The van der Waals surface area contributed by atoms with E-state index < -0.39 is 11.8 Å². The molecule has 1 aromatic carbocycles. The van der Waals surface area contributed by atoms with Gasteiger partial charge in [0, 0.05) is 37.7 Å². The Kier molecular flexibility index (Phi) is 6.85. The van der Waals surface area contributed by atoms with E-state index in [1.807, 2.05) is 29.2 Å². The fourth-order valence-corrected chi connectivity index (χ4v) is 4.68. The first-order valence-corrected chi connectivity index (χ1v) is 11.2. The third-order valence-electron chi connectivity index (χ3n) is 6.93. The van der Waals surface area contributed by atoms with Crippen LogP contribution in [0.1, 0.15) is 64.9 Å². The lowest BCUT2D eigenvalue weighted by molar-refractivity contribution is -0.139. The second-order valence-electron chi connectivity index (χ2n) is 9.58. The number of alkyl halides is 2. The Hall–Kier alpha value is -1.65. The fraction of sp³-hybridized carbons (Fsp3) is 0.708. The largest absolute Gasteiger partial charge is 0.365 e. The molecule has 0 aromatic heterocycles. The van der Waals surface area contributed by atoms with Crippen LogP contribution in [0.2, 0.25) is 0 Å². The molecule has 2 fully saturated rings. The minimum atomic E-state index is -2.85. The lowest BCUT2D eigenvalue weighted by atomic mass is 9.85. The lowest BCUT2D eigenvalue weighted by Gasteiger charge is -2.40. The number of amides is 1. The summed E-state index contributed by atoms with van der Waals surface area (Å²) < 4.78 is 29.8. The van der Waals surface area contributed by atoms with E-state index in [9.17, 15) is 13.6 Å². The number of hydrogen-bond donors (Lipinski definition) is 0. The van der Waals surface area contributed by atoms with Crippen molar-refractivity contribution in [2.45, 2.75) is 65.2 Å². The first-order chi connectivity index (χ1) is 13.7. The van der Waals surface area contributed by atoms with E-state index >= 15 is 0 Å². The summed E-state index contributed by atoms with van der Waals surface area (Å²) in [6.45, 7) is 10.4. The van der Waals surface area contributed by atoms with Crippen LogP contribution >= 0.6 is 0 Å². The molecule has 5 heteroatoms. The van der Waals surface area contributed by atoms with Crippen LogP contribution in [0, 0.1) is 17.8 Å². The molecule has 1 unspecified atom stereocenters. The topological polar surface area (TPSA) is 23.6 Å². The first-order valence-electron chi connectivity index (χ1n) is 11.2. The van der Waals surface area contributed by atoms with Crippen LogP contribution in [0.4, 0.5) is 14.5 Å². The summed E-state index contributed by atoms with van der Waals surface area (Å²) in [6, 6.07) is 7.93. The van der Waals surface area contributed by atoms with Gasteiger partial charge in [-0.3, -0.25) is 4.79 Å². The van der Waals surface area contributed by atoms with Crippen LogP contribution in [0.3, 0.4) is 0 Å². The third kappa shape index (κ3) is 5.29. The monoisotopic (exact) mass is 406 g/mol. The van der Waals surface area contributed by atoms with Crippen molar-refractivity contribution in [1.82, 2.24) is 4.90 Å². The zero-order chi connectivity index (χ0) is 21.2. The third-order valence-corrected chi connectivity index (χ3v) is 6.93. The summed E-state index contributed by atoms with van der Waals surface area (Å²) in [7, 11) is 0. The van der Waals surface area contributed by atoms with Crippen LogP contribution in [0.25, 0.3) is 0 Å². The maximum Gasteiger partial charge on any atom is 0.268 e. The van der Waals surface area contributed by atoms with Crippen molar-refractivity contribution in [3.8, 4) is 0 Å². The molecule has 2 aliphatic heterocycles. The predicted octanol–water partition coefficient (Wildman–Crippen LogP) is 5.56. The number of rotatable bonds is 5. The molecule has 0 bridgehead atoms. The van der Waals surface area contributed by atoms with Crippen molar-refractivity contribution < 1.29 is 13.6 Å². The van der Waals surface area contributed by atoms with Gasteiger partial charge in [-0.2, -0.15) is 0 Å². The first kappa shape index (κ1) is 22.0. The molecule has 0 saturated carbocycles. The van der Waals surface area contributed by atoms with E-state index in [1.54, 1.807) is 4.90 Å². The summed E-state index contributed by atoms with van der Waals surface area (Å²) in [6.07, 6.45) is 2.31. The highest BCUT2D eigenvalue weighted by atomic mass is 19.3. The van der Waals surface area contributed by atoms with E-state index in [-0.39, 0.29) is 18.9 Å². The molecule has 162 valence electrons. The van der Waals surface area contributed by atoms with E-state index in [2.05, 4.69) is 27.7 Å². The maximum atomic E-state index is 14.9. The van der Waals surface area contributed by atoms with E-state index in [1.165, 1.54) is 5.56 Å². The van der Waals surface area contributed by atoms with Gasteiger partial charge in [-0.25, -0.2) is 8.78 Å². The summed E-state index contributed by atoms with van der Waals surface area (Å²) in [5, 5.41) is 0. The Morgan fingerprint density at radius 1 is 1.03 bits per heavy atom. The highest BCUT2D eigenvalue weighted by Crippen LogP contribution is 2.38. The van der Waals surface area contributed by atoms with E-state index in [0.717, 1.165) is 18.5 Å². The van der Waals surface area contributed by atoms with Crippen LogP contribution in [0.5, 0.6) is 0 Å². The molecule has 1 aromatic rings. The molecule has 0 radical (unpaired) electrons. The number of carbonyl (C=O) groups excluding carboxylic acids is 1. The van der Waals surface area contributed by atoms with Crippen molar-refractivity contribution in [2.24, 2.45) is 17.8 Å². The number of benzene rings is 1. The number of hydrogen-bond acceptors (Lipinski definition) is 2. The molecule has 0 aliphatic carbocycles. The maximum absolute atomic E-state index is 14.9. The van der Waals surface area contributed by atoms with Crippen molar-refractivity contribution in [3.63, 3.8) is 0 Å². The second-order valence-corrected chi connectivity index (χ2v) is 9.58. The molecule has 29 heavy (non-hydrogen) atoms. The number of carbonyl (C=O) groups is 1. The molecule has 2 saturated heterocycles. The standard InChI is InChI=1S/C24H36F2N2O/c1-17(2)19-5-7-22(8-6-19)28-14-11-21(24(25,26)16-28)15-23(29)27-12-9-20(10-13-27)18(3)4/h5-8,17-18,20-21H,9-16H2,1-4H3. The molecule has 3 rings (SSSR count). The van der Waals surface area contributed by atoms with Crippen molar-refractivity contribution >= 4 is 11.6 Å². The smallest absolute Gasteiger partial charge is 0.268 e. The molecule has 1 amide bonds. The number of anilines is 1.